The Morgan fingerprint density at radius 3 is 1.32 bits per heavy atom. The summed E-state index contributed by atoms with van der Waals surface area (Å²) in [6.45, 7) is 15.0. The molecule has 0 aliphatic heterocycles. The summed E-state index contributed by atoms with van der Waals surface area (Å²) in [5.41, 5.74) is -3.02. The molecule has 12 heteroatoms. The SMILES string of the molecule is CC(C)(C)N=NC(C)(CCC(=O)OOC(=O)CCC(C)(N=NC(C)(C)C)Oc1cccs1)Oc1cccs1. The molecule has 210 valence electrons. The lowest BCUT2D eigenvalue weighted by atomic mass is 10.1. The summed E-state index contributed by atoms with van der Waals surface area (Å²) in [6, 6.07) is 7.34. The quantitative estimate of drug-likeness (QED) is 0.147. The molecule has 0 aliphatic rings. The Balaban J connectivity index is 1.91. The summed E-state index contributed by atoms with van der Waals surface area (Å²) in [4.78, 5) is 34.2. The van der Waals surface area contributed by atoms with Gasteiger partial charge in [-0.1, -0.05) is 0 Å². The molecule has 0 aromatic carbocycles. The Bertz CT molecular complexity index is 988. The van der Waals surface area contributed by atoms with Crippen LogP contribution in [-0.4, -0.2) is 34.5 Å². The highest BCUT2D eigenvalue weighted by molar-refractivity contribution is 7.12. The third-order valence-electron chi connectivity index (χ3n) is 4.57. The van der Waals surface area contributed by atoms with Crippen LogP contribution in [0.15, 0.2) is 55.5 Å². The average molecular weight is 567 g/mol. The highest BCUT2D eigenvalue weighted by Crippen LogP contribution is 2.30. The molecule has 2 heterocycles. The molecule has 0 spiro atoms. The van der Waals surface area contributed by atoms with Gasteiger partial charge in [0.05, 0.1) is 23.9 Å². The predicted molar refractivity (Wildman–Crippen MR) is 147 cm³/mol. The van der Waals surface area contributed by atoms with Crippen LogP contribution in [0.25, 0.3) is 0 Å². The molecule has 0 bridgehead atoms. The van der Waals surface area contributed by atoms with E-state index in [2.05, 4.69) is 20.5 Å². The minimum atomic E-state index is -1.10. The van der Waals surface area contributed by atoms with E-state index in [0.717, 1.165) is 0 Å². The molecule has 0 saturated heterocycles. The van der Waals surface area contributed by atoms with Crippen molar-refractivity contribution >= 4 is 34.6 Å². The van der Waals surface area contributed by atoms with Crippen LogP contribution in [0.1, 0.15) is 81.1 Å². The van der Waals surface area contributed by atoms with Crippen LogP contribution in [0.3, 0.4) is 0 Å². The minimum Gasteiger partial charge on any atom is -0.455 e. The van der Waals surface area contributed by atoms with E-state index in [0.29, 0.717) is 10.1 Å². The third-order valence-corrected chi connectivity index (χ3v) is 6.06. The van der Waals surface area contributed by atoms with Crippen molar-refractivity contribution in [3.05, 3.63) is 35.0 Å². The second-order valence-corrected chi connectivity index (χ2v) is 12.9. The van der Waals surface area contributed by atoms with Crippen LogP contribution >= 0.6 is 22.7 Å². The molecule has 0 radical (unpaired) electrons. The molecule has 0 amide bonds. The lowest BCUT2D eigenvalue weighted by molar-refractivity contribution is -0.259. The molecule has 0 aliphatic carbocycles. The smallest absolute Gasteiger partial charge is 0.355 e. The maximum atomic E-state index is 12.3. The molecule has 2 unspecified atom stereocenters. The van der Waals surface area contributed by atoms with Crippen molar-refractivity contribution in [2.24, 2.45) is 20.5 Å². The average Bonchev–Trinajstić information content (AvgIpc) is 3.51. The second-order valence-electron chi connectivity index (χ2n) is 11.1. The van der Waals surface area contributed by atoms with Gasteiger partial charge in [0.15, 0.2) is 10.1 Å². The number of hydrogen-bond donors (Lipinski definition) is 0. The lowest BCUT2D eigenvalue weighted by Gasteiger charge is -2.26. The molecule has 2 rings (SSSR count). The third kappa shape index (κ3) is 12.6. The van der Waals surface area contributed by atoms with Gasteiger partial charge in [-0.25, -0.2) is 19.4 Å². The summed E-state index contributed by atoms with van der Waals surface area (Å²) >= 11 is 2.82. The van der Waals surface area contributed by atoms with Crippen LogP contribution < -0.4 is 9.47 Å². The number of ether oxygens (including phenoxy) is 2. The van der Waals surface area contributed by atoms with Crippen LogP contribution in [0.5, 0.6) is 10.1 Å². The molecular formula is C26H38N4O6S2. The molecule has 2 aromatic heterocycles. The molecule has 2 atom stereocenters. The topological polar surface area (TPSA) is 120 Å². The molecule has 2 aromatic rings. The first-order chi connectivity index (χ1) is 17.6. The Labute approximate surface area is 232 Å². The van der Waals surface area contributed by atoms with Crippen molar-refractivity contribution in [2.45, 2.75) is 104 Å². The fourth-order valence-corrected chi connectivity index (χ4v) is 4.03. The van der Waals surface area contributed by atoms with Gasteiger partial charge in [0.25, 0.3) is 0 Å². The van der Waals surface area contributed by atoms with Gasteiger partial charge in [0, 0.05) is 12.8 Å². The van der Waals surface area contributed by atoms with Crippen molar-refractivity contribution in [3.63, 3.8) is 0 Å². The number of thiophene rings is 2. The van der Waals surface area contributed by atoms with Crippen molar-refractivity contribution in [1.29, 1.82) is 0 Å². The monoisotopic (exact) mass is 566 g/mol. The maximum absolute atomic E-state index is 12.3. The van der Waals surface area contributed by atoms with E-state index in [1.54, 1.807) is 13.8 Å². The molecule has 10 nitrogen and oxygen atoms in total. The largest absolute Gasteiger partial charge is 0.455 e. The molecule has 0 N–H and O–H groups in total. The van der Waals surface area contributed by atoms with E-state index >= 15 is 0 Å². The minimum absolute atomic E-state index is 0.0999. The molecule has 0 fully saturated rings. The van der Waals surface area contributed by atoms with Crippen molar-refractivity contribution in [1.82, 2.24) is 0 Å². The number of carbonyl (C=O) groups excluding carboxylic acids is 2. The number of nitrogens with zero attached hydrogens (tertiary/aromatic N) is 4. The van der Waals surface area contributed by atoms with Crippen LogP contribution in [0, 0.1) is 0 Å². The zero-order chi connectivity index (χ0) is 28.5. The van der Waals surface area contributed by atoms with Crippen LogP contribution in [0.4, 0.5) is 0 Å². The zero-order valence-electron chi connectivity index (χ0n) is 23.3. The van der Waals surface area contributed by atoms with Crippen LogP contribution in [-0.2, 0) is 19.4 Å². The fourth-order valence-electron chi connectivity index (χ4n) is 2.68. The Hall–Kier alpha value is -2.86. The number of rotatable bonds is 12. The number of carbonyl (C=O) groups is 2. The van der Waals surface area contributed by atoms with Gasteiger partial charge in [-0.15, -0.1) is 32.9 Å². The number of azo groups is 2. The molecule has 38 heavy (non-hydrogen) atoms. The maximum Gasteiger partial charge on any atom is 0.355 e. The van der Waals surface area contributed by atoms with E-state index in [1.807, 2.05) is 76.6 Å². The Morgan fingerprint density at radius 1 is 0.658 bits per heavy atom. The van der Waals surface area contributed by atoms with Crippen molar-refractivity contribution in [2.75, 3.05) is 0 Å². The molecule has 0 saturated carbocycles. The van der Waals surface area contributed by atoms with E-state index in [1.165, 1.54) is 22.7 Å². The van der Waals surface area contributed by atoms with Crippen molar-refractivity contribution < 1.29 is 28.8 Å². The summed E-state index contributed by atoms with van der Waals surface area (Å²) in [5, 5.41) is 22.4. The van der Waals surface area contributed by atoms with E-state index in [-0.39, 0.29) is 25.7 Å². The van der Waals surface area contributed by atoms with Gasteiger partial charge >= 0.3 is 11.9 Å². The normalized spacial score (nSPS) is 15.7. The van der Waals surface area contributed by atoms with Gasteiger partial charge in [-0.3, -0.25) is 0 Å². The second kappa shape index (κ2) is 13.3. The van der Waals surface area contributed by atoms with Gasteiger partial charge in [0.2, 0.25) is 11.4 Å². The molecular weight excluding hydrogens is 528 g/mol. The highest BCUT2D eigenvalue weighted by atomic mass is 32.1. The van der Waals surface area contributed by atoms with Gasteiger partial charge in [0.1, 0.15) is 0 Å². The van der Waals surface area contributed by atoms with Gasteiger partial charge in [-0.05, 0) is 90.4 Å². The predicted octanol–water partition coefficient (Wildman–Crippen LogP) is 7.76. The summed E-state index contributed by atoms with van der Waals surface area (Å²) in [5.74, 6) is -1.45. The van der Waals surface area contributed by atoms with Gasteiger partial charge in [-0.2, -0.15) is 10.2 Å². The Kier molecular flexibility index (Phi) is 11.0. The standard InChI is InChI=1S/C26H38N4O6S2/c1-23(2,3)27-29-25(7,33-21-11-9-17-37-21)15-13-19(31)35-36-20(32)14-16-26(8,30-28-24(4,5)6)34-22-12-10-18-38-22/h9-12,17-18H,13-16H2,1-8H3. The first kappa shape index (κ1) is 31.4. The fraction of sp³-hybridized carbons (Fsp3) is 0.615. The first-order valence-electron chi connectivity index (χ1n) is 12.3. The lowest BCUT2D eigenvalue weighted by Crippen LogP contribution is -2.32. The van der Waals surface area contributed by atoms with E-state index in [4.69, 9.17) is 19.2 Å². The zero-order valence-corrected chi connectivity index (χ0v) is 25.0. The van der Waals surface area contributed by atoms with Gasteiger partial charge < -0.3 is 9.47 Å². The highest BCUT2D eigenvalue weighted by Gasteiger charge is 2.31. The summed E-state index contributed by atoms with van der Waals surface area (Å²) in [6.07, 6.45) is 0.135. The summed E-state index contributed by atoms with van der Waals surface area (Å²) in [7, 11) is 0. The first-order valence-corrected chi connectivity index (χ1v) is 14.1. The van der Waals surface area contributed by atoms with E-state index < -0.39 is 34.5 Å². The van der Waals surface area contributed by atoms with E-state index in [9.17, 15) is 9.59 Å². The van der Waals surface area contributed by atoms with Crippen LogP contribution in [0.2, 0.25) is 0 Å². The summed E-state index contributed by atoms with van der Waals surface area (Å²) < 4.78 is 12.0. The van der Waals surface area contributed by atoms with Crippen molar-refractivity contribution in [3.8, 4) is 10.1 Å². The Morgan fingerprint density at radius 2 is 1.03 bits per heavy atom. The number of hydrogen-bond acceptors (Lipinski definition) is 12.